The molecular weight excluding hydrogens is 398 g/mol. The van der Waals surface area contributed by atoms with Crippen molar-refractivity contribution in [1.29, 1.82) is 0 Å². The van der Waals surface area contributed by atoms with Crippen LogP contribution in [0.2, 0.25) is 0 Å². The Morgan fingerprint density at radius 2 is 1.50 bits per heavy atom. The van der Waals surface area contributed by atoms with E-state index in [2.05, 4.69) is 30.5 Å². The second-order valence-corrected chi connectivity index (χ2v) is 8.77. The molecular formula is C26H27N5O. The zero-order valence-electron chi connectivity index (χ0n) is 18.7. The molecule has 0 aliphatic heterocycles. The van der Waals surface area contributed by atoms with Gasteiger partial charge in [-0.15, -0.1) is 0 Å². The second kappa shape index (κ2) is 8.19. The number of hydrogen-bond donors (Lipinski definition) is 0. The molecule has 0 atom stereocenters. The number of nitrogens with zero attached hydrogens (tertiary/aromatic N) is 5. The molecule has 0 aliphatic rings. The molecule has 162 valence electrons. The molecule has 0 amide bonds. The molecule has 0 bridgehead atoms. The van der Waals surface area contributed by atoms with E-state index < -0.39 is 0 Å². The first-order chi connectivity index (χ1) is 15.5. The summed E-state index contributed by atoms with van der Waals surface area (Å²) >= 11 is 0. The van der Waals surface area contributed by atoms with E-state index in [1.54, 1.807) is 4.57 Å². The topological polar surface area (TPSA) is 65.6 Å². The predicted molar refractivity (Wildman–Crippen MR) is 129 cm³/mol. The third kappa shape index (κ3) is 3.55. The van der Waals surface area contributed by atoms with Crippen molar-refractivity contribution in [3.05, 3.63) is 76.3 Å². The molecule has 5 rings (SSSR count). The van der Waals surface area contributed by atoms with Crippen molar-refractivity contribution in [3.8, 4) is 0 Å². The smallest absolute Gasteiger partial charge is 0.265 e. The maximum atomic E-state index is 13.6. The number of fused-ring (bicyclic) bond motifs is 4. The van der Waals surface area contributed by atoms with Gasteiger partial charge in [-0.05, 0) is 43.4 Å². The van der Waals surface area contributed by atoms with E-state index in [0.717, 1.165) is 35.3 Å². The van der Waals surface area contributed by atoms with Crippen molar-refractivity contribution in [3.63, 3.8) is 0 Å². The fourth-order valence-corrected chi connectivity index (χ4v) is 4.24. The van der Waals surface area contributed by atoms with Crippen LogP contribution in [0.15, 0.2) is 59.4 Å². The number of rotatable bonds is 6. The lowest BCUT2D eigenvalue weighted by atomic mass is 10.1. The lowest BCUT2D eigenvalue weighted by molar-refractivity contribution is 0.498. The number of benzene rings is 2. The molecule has 3 aromatic heterocycles. The van der Waals surface area contributed by atoms with Crippen LogP contribution in [0, 0.1) is 12.8 Å². The summed E-state index contributed by atoms with van der Waals surface area (Å²) in [4.78, 5) is 28.3. The molecule has 6 heteroatoms. The zero-order chi connectivity index (χ0) is 22.2. The maximum absolute atomic E-state index is 13.6. The standard InChI is InChI=1S/C26H27N5O/c1-17(2)13-15-30-18(3)27-24-22(26(30)32)23-25(29-21-12-8-7-11-20(21)28-23)31(24)16-14-19-9-5-4-6-10-19/h4-12,17H,13-16H2,1-3H3. The van der Waals surface area contributed by atoms with Gasteiger partial charge in [0.25, 0.3) is 5.56 Å². The fourth-order valence-electron chi connectivity index (χ4n) is 4.24. The normalized spacial score (nSPS) is 11.9. The molecule has 0 fully saturated rings. The second-order valence-electron chi connectivity index (χ2n) is 8.77. The number of hydrogen-bond acceptors (Lipinski definition) is 4. The van der Waals surface area contributed by atoms with E-state index in [0.29, 0.717) is 35.6 Å². The quantitative estimate of drug-likeness (QED) is 0.388. The maximum Gasteiger partial charge on any atom is 0.265 e. The number of aryl methyl sites for hydroxylation is 3. The predicted octanol–water partition coefficient (Wildman–Crippen LogP) is 4.89. The van der Waals surface area contributed by atoms with Crippen LogP contribution >= 0.6 is 0 Å². The Balaban J connectivity index is 1.75. The van der Waals surface area contributed by atoms with Crippen molar-refractivity contribution in [2.75, 3.05) is 0 Å². The summed E-state index contributed by atoms with van der Waals surface area (Å²) < 4.78 is 3.86. The van der Waals surface area contributed by atoms with Crippen LogP contribution in [0.5, 0.6) is 0 Å². The Morgan fingerprint density at radius 3 is 2.22 bits per heavy atom. The van der Waals surface area contributed by atoms with Gasteiger partial charge in [-0.25, -0.2) is 15.0 Å². The molecule has 0 N–H and O–H groups in total. The average molecular weight is 426 g/mol. The monoisotopic (exact) mass is 425 g/mol. The minimum atomic E-state index is -0.0267. The summed E-state index contributed by atoms with van der Waals surface area (Å²) in [7, 11) is 0. The minimum Gasteiger partial charge on any atom is -0.308 e. The van der Waals surface area contributed by atoms with E-state index in [4.69, 9.17) is 15.0 Å². The first kappa shape index (κ1) is 20.4. The van der Waals surface area contributed by atoms with Crippen molar-refractivity contribution < 1.29 is 0 Å². The van der Waals surface area contributed by atoms with E-state index in [1.807, 2.05) is 49.4 Å². The van der Waals surface area contributed by atoms with Crippen LogP contribution in [-0.4, -0.2) is 24.1 Å². The average Bonchev–Trinajstić information content (AvgIpc) is 3.08. The van der Waals surface area contributed by atoms with E-state index in [1.165, 1.54) is 5.56 Å². The molecule has 0 saturated heterocycles. The Bertz CT molecular complexity index is 1480. The van der Waals surface area contributed by atoms with E-state index >= 15 is 0 Å². The molecule has 5 aromatic rings. The van der Waals surface area contributed by atoms with Crippen LogP contribution < -0.4 is 5.56 Å². The lowest BCUT2D eigenvalue weighted by Crippen LogP contribution is -2.25. The molecule has 0 saturated carbocycles. The molecule has 0 spiro atoms. The molecule has 2 aromatic carbocycles. The molecule has 3 heterocycles. The van der Waals surface area contributed by atoms with Gasteiger partial charge in [0.2, 0.25) is 0 Å². The number of para-hydroxylation sites is 2. The Morgan fingerprint density at radius 1 is 0.812 bits per heavy atom. The van der Waals surface area contributed by atoms with Gasteiger partial charge in [-0.1, -0.05) is 56.3 Å². The summed E-state index contributed by atoms with van der Waals surface area (Å²) in [6, 6.07) is 18.1. The Hall–Kier alpha value is -3.54. The van der Waals surface area contributed by atoms with Crippen molar-refractivity contribution in [2.24, 2.45) is 5.92 Å². The van der Waals surface area contributed by atoms with Crippen molar-refractivity contribution in [1.82, 2.24) is 24.1 Å². The fraction of sp³-hybridized carbons (Fsp3) is 0.308. The van der Waals surface area contributed by atoms with Crippen LogP contribution in [0.4, 0.5) is 0 Å². The van der Waals surface area contributed by atoms with Crippen LogP contribution in [0.3, 0.4) is 0 Å². The Labute approximate surface area is 186 Å². The van der Waals surface area contributed by atoms with Crippen LogP contribution in [-0.2, 0) is 19.5 Å². The van der Waals surface area contributed by atoms with E-state index in [-0.39, 0.29) is 5.56 Å². The van der Waals surface area contributed by atoms with Gasteiger partial charge < -0.3 is 4.57 Å². The van der Waals surface area contributed by atoms with Crippen molar-refractivity contribution in [2.45, 2.75) is 46.7 Å². The number of aromatic nitrogens is 5. The SMILES string of the molecule is Cc1nc2c(c(=O)n1CCC(C)C)c1nc3ccccc3nc1n2CCc1ccccc1. The van der Waals surface area contributed by atoms with Gasteiger partial charge in [0.1, 0.15) is 16.7 Å². The summed E-state index contributed by atoms with van der Waals surface area (Å²) in [5, 5.41) is 0.570. The molecule has 6 nitrogen and oxygen atoms in total. The van der Waals surface area contributed by atoms with Gasteiger partial charge in [0.05, 0.1) is 11.0 Å². The largest absolute Gasteiger partial charge is 0.308 e. The van der Waals surface area contributed by atoms with Crippen molar-refractivity contribution >= 4 is 33.2 Å². The first-order valence-electron chi connectivity index (χ1n) is 11.2. The van der Waals surface area contributed by atoms with Crippen LogP contribution in [0.25, 0.3) is 33.2 Å². The Kier molecular flexibility index (Phi) is 5.21. The summed E-state index contributed by atoms with van der Waals surface area (Å²) in [6.45, 7) is 7.58. The third-order valence-corrected chi connectivity index (χ3v) is 6.04. The van der Waals surface area contributed by atoms with Crippen LogP contribution in [0.1, 0.15) is 31.7 Å². The zero-order valence-corrected chi connectivity index (χ0v) is 18.7. The highest BCUT2D eigenvalue weighted by molar-refractivity contribution is 6.04. The van der Waals surface area contributed by atoms with Gasteiger partial charge in [-0.3, -0.25) is 9.36 Å². The third-order valence-electron chi connectivity index (χ3n) is 6.04. The molecule has 32 heavy (non-hydrogen) atoms. The summed E-state index contributed by atoms with van der Waals surface area (Å²) in [5.41, 5.74) is 4.85. The van der Waals surface area contributed by atoms with Gasteiger partial charge in [0, 0.05) is 13.1 Å². The van der Waals surface area contributed by atoms with Gasteiger partial charge in [-0.2, -0.15) is 0 Å². The molecule has 0 unspecified atom stereocenters. The van der Waals surface area contributed by atoms with Gasteiger partial charge in [0.15, 0.2) is 11.3 Å². The summed E-state index contributed by atoms with van der Waals surface area (Å²) in [5.74, 6) is 1.24. The highest BCUT2D eigenvalue weighted by Crippen LogP contribution is 2.26. The van der Waals surface area contributed by atoms with Gasteiger partial charge >= 0.3 is 0 Å². The molecule has 0 radical (unpaired) electrons. The highest BCUT2D eigenvalue weighted by Gasteiger charge is 2.21. The van der Waals surface area contributed by atoms with E-state index in [9.17, 15) is 4.79 Å². The minimum absolute atomic E-state index is 0.0267. The lowest BCUT2D eigenvalue weighted by Gasteiger charge is -2.12. The summed E-state index contributed by atoms with van der Waals surface area (Å²) in [6.07, 6.45) is 1.75. The molecule has 0 aliphatic carbocycles. The first-order valence-corrected chi connectivity index (χ1v) is 11.2. The highest BCUT2D eigenvalue weighted by atomic mass is 16.1.